The van der Waals surface area contributed by atoms with Crippen LogP contribution in [0.5, 0.6) is 0 Å². The van der Waals surface area contributed by atoms with Crippen molar-refractivity contribution < 1.29 is 0 Å². The van der Waals surface area contributed by atoms with Crippen molar-refractivity contribution in [2.45, 2.75) is 45.4 Å². The van der Waals surface area contributed by atoms with Crippen LogP contribution in [0, 0.1) is 5.92 Å². The Kier molecular flexibility index (Phi) is 4.95. The maximum Gasteiger partial charge on any atom is 0.0201 e. The lowest BCUT2D eigenvalue weighted by atomic mass is 9.96. The number of hydrogen-bond acceptors (Lipinski definition) is 2. The van der Waals surface area contributed by atoms with Crippen molar-refractivity contribution in [3.63, 3.8) is 0 Å². The molecule has 0 aromatic carbocycles. The highest BCUT2D eigenvalue weighted by atomic mass is 15.1. The van der Waals surface area contributed by atoms with Gasteiger partial charge in [-0.3, -0.25) is 9.80 Å². The number of allylic oxidation sites excluding steroid dienone is 2. The molecule has 0 spiro atoms. The summed E-state index contributed by atoms with van der Waals surface area (Å²) in [5, 5.41) is 0. The van der Waals surface area contributed by atoms with Gasteiger partial charge in [-0.05, 0) is 63.0 Å². The molecule has 2 nitrogen and oxygen atoms in total. The molecule has 0 bridgehead atoms. The van der Waals surface area contributed by atoms with Gasteiger partial charge in [0.15, 0.2) is 0 Å². The molecule has 3 rings (SSSR count). The molecular weight excluding hydrogens is 244 g/mol. The van der Waals surface area contributed by atoms with Crippen molar-refractivity contribution in [1.29, 1.82) is 0 Å². The second kappa shape index (κ2) is 6.91. The summed E-state index contributed by atoms with van der Waals surface area (Å²) >= 11 is 0. The van der Waals surface area contributed by atoms with Gasteiger partial charge in [0, 0.05) is 19.0 Å². The lowest BCUT2D eigenvalue weighted by molar-refractivity contribution is 0.235. The van der Waals surface area contributed by atoms with E-state index < -0.39 is 0 Å². The minimum atomic E-state index is 0.679. The number of piperidine rings is 2. The van der Waals surface area contributed by atoms with Crippen LogP contribution in [0.3, 0.4) is 0 Å². The molecule has 2 fully saturated rings. The summed E-state index contributed by atoms with van der Waals surface area (Å²) in [7, 11) is 0. The van der Waals surface area contributed by atoms with Gasteiger partial charge in [-0.1, -0.05) is 31.9 Å². The molecule has 0 amide bonds. The normalized spacial score (nSPS) is 26.6. The molecule has 0 radical (unpaired) electrons. The van der Waals surface area contributed by atoms with Crippen molar-refractivity contribution in [2.75, 3.05) is 39.3 Å². The van der Waals surface area contributed by atoms with E-state index in [4.69, 9.17) is 0 Å². The van der Waals surface area contributed by atoms with Crippen LogP contribution >= 0.6 is 0 Å². The molecule has 0 aromatic rings. The van der Waals surface area contributed by atoms with Crippen molar-refractivity contribution in [3.8, 4) is 0 Å². The van der Waals surface area contributed by atoms with Gasteiger partial charge in [-0.15, -0.1) is 0 Å². The van der Waals surface area contributed by atoms with Crippen LogP contribution in [0.2, 0.25) is 0 Å². The molecular formula is C18H30N2. The van der Waals surface area contributed by atoms with Crippen LogP contribution in [0.15, 0.2) is 23.3 Å². The molecule has 0 aromatic heterocycles. The first-order chi connectivity index (χ1) is 9.83. The van der Waals surface area contributed by atoms with Crippen LogP contribution in [0.4, 0.5) is 0 Å². The highest BCUT2D eigenvalue weighted by Crippen LogP contribution is 2.29. The van der Waals surface area contributed by atoms with E-state index in [9.17, 15) is 0 Å². The monoisotopic (exact) mass is 274 g/mol. The summed E-state index contributed by atoms with van der Waals surface area (Å²) in [6.07, 6.45) is 13.3. The first-order valence-corrected chi connectivity index (χ1v) is 8.67. The number of rotatable bonds is 4. The first kappa shape index (κ1) is 14.3. The summed E-state index contributed by atoms with van der Waals surface area (Å²) < 4.78 is 0. The smallest absolute Gasteiger partial charge is 0.0201 e. The molecule has 2 saturated heterocycles. The van der Waals surface area contributed by atoms with Crippen LogP contribution < -0.4 is 0 Å². The standard InChI is InChI=1S/C18H30N2/c1-16-17(14-19-10-4-2-5-11-19)8-9-18(16)15-20-12-6-3-7-13-20/h8-9,16H,2-7,10-15H2,1H3. The minimum absolute atomic E-state index is 0.679. The highest BCUT2D eigenvalue weighted by Gasteiger charge is 2.23. The topological polar surface area (TPSA) is 6.48 Å². The molecule has 1 aliphatic carbocycles. The quantitative estimate of drug-likeness (QED) is 0.774. The third-order valence-electron chi connectivity index (χ3n) is 5.33. The SMILES string of the molecule is CC1C(CN2CCCCC2)=CC=C1CN1CCCCC1. The van der Waals surface area contributed by atoms with Gasteiger partial charge in [0.25, 0.3) is 0 Å². The van der Waals surface area contributed by atoms with Crippen molar-refractivity contribution in [1.82, 2.24) is 9.80 Å². The Labute approximate surface area is 124 Å². The lowest BCUT2D eigenvalue weighted by Crippen LogP contribution is -2.34. The van der Waals surface area contributed by atoms with E-state index in [1.54, 1.807) is 11.1 Å². The van der Waals surface area contributed by atoms with Crippen LogP contribution in [-0.2, 0) is 0 Å². The molecule has 0 unspecified atom stereocenters. The number of nitrogens with zero attached hydrogens (tertiary/aromatic N) is 2. The molecule has 20 heavy (non-hydrogen) atoms. The van der Waals surface area contributed by atoms with Gasteiger partial charge in [-0.2, -0.15) is 0 Å². The summed E-state index contributed by atoms with van der Waals surface area (Å²) in [4.78, 5) is 5.31. The maximum atomic E-state index is 2.66. The Hall–Kier alpha value is -0.600. The zero-order valence-electron chi connectivity index (χ0n) is 13.1. The molecule has 2 heteroatoms. The molecule has 3 aliphatic rings. The number of likely N-dealkylation sites (tertiary alicyclic amines) is 2. The van der Waals surface area contributed by atoms with Crippen molar-refractivity contribution in [3.05, 3.63) is 23.3 Å². The largest absolute Gasteiger partial charge is 0.299 e. The Bertz CT molecular complexity index is 335. The third kappa shape index (κ3) is 3.53. The van der Waals surface area contributed by atoms with Gasteiger partial charge >= 0.3 is 0 Å². The van der Waals surface area contributed by atoms with E-state index in [1.807, 2.05) is 0 Å². The van der Waals surface area contributed by atoms with Crippen molar-refractivity contribution >= 4 is 0 Å². The van der Waals surface area contributed by atoms with E-state index in [0.717, 1.165) is 0 Å². The predicted molar refractivity (Wildman–Crippen MR) is 85.9 cm³/mol. The summed E-state index contributed by atoms with van der Waals surface area (Å²) in [5.74, 6) is 0.679. The average Bonchev–Trinajstić information content (AvgIpc) is 2.83. The van der Waals surface area contributed by atoms with Gasteiger partial charge in [0.05, 0.1) is 0 Å². The second-order valence-corrected chi connectivity index (χ2v) is 6.88. The van der Waals surface area contributed by atoms with E-state index in [0.29, 0.717) is 5.92 Å². The highest BCUT2D eigenvalue weighted by molar-refractivity contribution is 5.35. The molecule has 0 atom stereocenters. The molecule has 2 aliphatic heterocycles. The summed E-state index contributed by atoms with van der Waals surface area (Å²) in [5.41, 5.74) is 3.30. The van der Waals surface area contributed by atoms with E-state index in [-0.39, 0.29) is 0 Å². The Morgan fingerprint density at radius 3 is 1.55 bits per heavy atom. The van der Waals surface area contributed by atoms with Gasteiger partial charge < -0.3 is 0 Å². The zero-order valence-corrected chi connectivity index (χ0v) is 13.1. The molecule has 0 N–H and O–H groups in total. The van der Waals surface area contributed by atoms with Crippen molar-refractivity contribution in [2.24, 2.45) is 5.92 Å². The maximum absolute atomic E-state index is 2.66. The van der Waals surface area contributed by atoms with Gasteiger partial charge in [-0.25, -0.2) is 0 Å². The minimum Gasteiger partial charge on any atom is -0.299 e. The van der Waals surface area contributed by atoms with Gasteiger partial charge in [0.1, 0.15) is 0 Å². The third-order valence-corrected chi connectivity index (χ3v) is 5.33. The fraction of sp³-hybridized carbons (Fsp3) is 0.778. The predicted octanol–water partition coefficient (Wildman–Crippen LogP) is 3.46. The molecule has 0 saturated carbocycles. The Balaban J connectivity index is 1.48. The molecule has 2 heterocycles. The van der Waals surface area contributed by atoms with Crippen LogP contribution in [0.25, 0.3) is 0 Å². The fourth-order valence-electron chi connectivity index (χ4n) is 3.87. The summed E-state index contributed by atoms with van der Waals surface area (Å²) in [6.45, 7) is 10.1. The Morgan fingerprint density at radius 1 is 0.750 bits per heavy atom. The van der Waals surface area contributed by atoms with Gasteiger partial charge in [0.2, 0.25) is 0 Å². The van der Waals surface area contributed by atoms with E-state index in [2.05, 4.69) is 28.9 Å². The molecule has 112 valence electrons. The lowest BCUT2D eigenvalue weighted by Gasteiger charge is -2.30. The zero-order chi connectivity index (χ0) is 13.8. The Morgan fingerprint density at radius 2 is 1.15 bits per heavy atom. The van der Waals surface area contributed by atoms with E-state index in [1.165, 1.54) is 77.8 Å². The van der Waals surface area contributed by atoms with E-state index >= 15 is 0 Å². The number of hydrogen-bond donors (Lipinski definition) is 0. The first-order valence-electron chi connectivity index (χ1n) is 8.67. The second-order valence-electron chi connectivity index (χ2n) is 6.88. The average molecular weight is 274 g/mol. The fourth-order valence-corrected chi connectivity index (χ4v) is 3.87. The van der Waals surface area contributed by atoms with Crippen LogP contribution in [0.1, 0.15) is 45.4 Å². The summed E-state index contributed by atoms with van der Waals surface area (Å²) in [6, 6.07) is 0. The van der Waals surface area contributed by atoms with Crippen LogP contribution in [-0.4, -0.2) is 49.1 Å².